The minimum absolute atomic E-state index is 0.106. The molecule has 0 atom stereocenters. The van der Waals surface area contributed by atoms with Gasteiger partial charge in [0.15, 0.2) is 5.71 Å². The van der Waals surface area contributed by atoms with E-state index in [1.165, 1.54) is 12.1 Å². The van der Waals surface area contributed by atoms with E-state index in [1.54, 1.807) is 24.3 Å². The summed E-state index contributed by atoms with van der Waals surface area (Å²) in [6, 6.07) is 9.56. The van der Waals surface area contributed by atoms with Gasteiger partial charge < -0.3 is 4.90 Å². The second kappa shape index (κ2) is 12.4. The van der Waals surface area contributed by atoms with E-state index >= 15 is 0 Å². The van der Waals surface area contributed by atoms with Crippen LogP contribution in [0.5, 0.6) is 0 Å². The Labute approximate surface area is 263 Å². The summed E-state index contributed by atoms with van der Waals surface area (Å²) >= 11 is 0. The van der Waals surface area contributed by atoms with Crippen LogP contribution >= 0.6 is 0 Å². The average Bonchev–Trinajstić information content (AvgIpc) is 3.27. The summed E-state index contributed by atoms with van der Waals surface area (Å²) in [5.74, 6) is 0.628. The lowest BCUT2D eigenvalue weighted by Crippen LogP contribution is -2.27. The molecular weight excluding hydrogens is 597 g/mol. The largest absolute Gasteiger partial charge is 0.344 e. The fourth-order valence-electron chi connectivity index (χ4n) is 6.39. The smallest absolute Gasteiger partial charge is 0.294 e. The Morgan fingerprint density at radius 2 is 1.45 bits per heavy atom. The van der Waals surface area contributed by atoms with Gasteiger partial charge in [0.1, 0.15) is 6.54 Å². The van der Waals surface area contributed by atoms with Gasteiger partial charge in [-0.25, -0.2) is 0 Å². The Kier molecular flexibility index (Phi) is 9.53. The lowest BCUT2D eigenvalue weighted by Gasteiger charge is -2.27. The highest BCUT2D eigenvalue weighted by Gasteiger charge is 2.44. The molecule has 2 aliphatic rings. The molecule has 2 aromatic rings. The molecule has 2 aromatic carbocycles. The standard InChI is InChI=1S/C34H44N2O6S2/c1-8-35-29-19-17-25(43(37,38)39)22-27(29)33(4,5)31(35)15-10-9-11-16-32-34(6,7)28-23-26(44(40,41)42)18-20-30(28)36(32)21-13-12-14-24(2)3/h9-11,15-20,22-24H,8,12-14,21H2,1-7H3,(H-,37,38,39,40,41,42)/p+1. The van der Waals surface area contributed by atoms with Crippen LogP contribution in [0.2, 0.25) is 0 Å². The van der Waals surface area contributed by atoms with Crippen LogP contribution < -0.4 is 4.90 Å². The molecule has 10 heteroatoms. The number of allylic oxidation sites excluding steroid dienone is 6. The molecule has 0 saturated heterocycles. The van der Waals surface area contributed by atoms with Gasteiger partial charge in [0.2, 0.25) is 5.69 Å². The fourth-order valence-corrected chi connectivity index (χ4v) is 7.41. The summed E-state index contributed by atoms with van der Waals surface area (Å²) in [6.45, 7) is 16.2. The van der Waals surface area contributed by atoms with Gasteiger partial charge in [-0.3, -0.25) is 9.11 Å². The van der Waals surface area contributed by atoms with Gasteiger partial charge in [0.25, 0.3) is 20.2 Å². The molecule has 8 nitrogen and oxygen atoms in total. The van der Waals surface area contributed by atoms with Crippen LogP contribution in [0.1, 0.15) is 78.9 Å². The first-order chi connectivity index (χ1) is 20.4. The molecule has 0 aliphatic carbocycles. The minimum atomic E-state index is -4.33. The number of hydrogen-bond acceptors (Lipinski definition) is 5. The molecule has 0 fully saturated rings. The number of hydrogen-bond donors (Lipinski definition) is 2. The molecule has 0 bridgehead atoms. The van der Waals surface area contributed by atoms with Gasteiger partial charge in [0, 0.05) is 41.1 Å². The third-order valence-corrected chi connectivity index (χ3v) is 10.5. The lowest BCUT2D eigenvalue weighted by molar-refractivity contribution is -0.433. The zero-order chi connectivity index (χ0) is 32.7. The summed E-state index contributed by atoms with van der Waals surface area (Å²) in [6.07, 6.45) is 13.2. The molecule has 0 amide bonds. The summed E-state index contributed by atoms with van der Waals surface area (Å²) in [4.78, 5) is 2.04. The Morgan fingerprint density at radius 3 is 2.05 bits per heavy atom. The lowest BCUT2D eigenvalue weighted by atomic mass is 9.81. The maximum absolute atomic E-state index is 11.9. The number of rotatable bonds is 11. The average molecular weight is 642 g/mol. The fraction of sp³-hybridized carbons (Fsp3) is 0.441. The van der Waals surface area contributed by atoms with E-state index in [-0.39, 0.29) is 9.79 Å². The van der Waals surface area contributed by atoms with Gasteiger partial charge in [-0.15, -0.1) is 0 Å². The van der Waals surface area contributed by atoms with Crippen molar-refractivity contribution in [1.29, 1.82) is 0 Å². The highest BCUT2D eigenvalue weighted by molar-refractivity contribution is 7.86. The molecular formula is C34H45N2O6S2+. The van der Waals surface area contributed by atoms with Crippen molar-refractivity contribution in [3.8, 4) is 0 Å². The maximum atomic E-state index is 11.9. The van der Waals surface area contributed by atoms with E-state index in [9.17, 15) is 25.9 Å². The van der Waals surface area contributed by atoms with Crippen LogP contribution in [0, 0.1) is 5.92 Å². The van der Waals surface area contributed by atoms with E-state index < -0.39 is 31.1 Å². The molecule has 0 saturated carbocycles. The Morgan fingerprint density at radius 1 is 0.841 bits per heavy atom. The van der Waals surface area contributed by atoms with Gasteiger partial charge >= 0.3 is 0 Å². The predicted molar refractivity (Wildman–Crippen MR) is 176 cm³/mol. The second-order valence-corrected chi connectivity index (χ2v) is 15.9. The second-order valence-electron chi connectivity index (χ2n) is 13.0. The van der Waals surface area contributed by atoms with Crippen molar-refractivity contribution < 1.29 is 30.5 Å². The molecule has 0 spiro atoms. The van der Waals surface area contributed by atoms with Crippen LogP contribution in [0.15, 0.2) is 82.3 Å². The Hall–Kier alpha value is -3.05. The molecule has 0 aromatic heterocycles. The Balaban J connectivity index is 1.65. The number of nitrogens with zero attached hydrogens (tertiary/aromatic N) is 2. The van der Waals surface area contributed by atoms with Crippen molar-refractivity contribution in [2.24, 2.45) is 5.92 Å². The van der Waals surface area contributed by atoms with Gasteiger partial charge in [-0.2, -0.15) is 21.4 Å². The van der Waals surface area contributed by atoms with Crippen molar-refractivity contribution in [1.82, 2.24) is 0 Å². The Bertz CT molecular complexity index is 1780. The summed E-state index contributed by atoms with van der Waals surface area (Å²) in [7, 11) is -8.64. The first-order valence-corrected chi connectivity index (χ1v) is 18.0. The minimum Gasteiger partial charge on any atom is -0.344 e. The van der Waals surface area contributed by atoms with E-state index in [4.69, 9.17) is 0 Å². The molecule has 0 unspecified atom stereocenters. The highest BCUT2D eigenvalue weighted by Crippen LogP contribution is 2.48. The van der Waals surface area contributed by atoms with Gasteiger partial charge in [0.05, 0.1) is 15.2 Å². The van der Waals surface area contributed by atoms with E-state index in [0.29, 0.717) is 12.5 Å². The zero-order valence-corrected chi connectivity index (χ0v) is 28.3. The van der Waals surface area contributed by atoms with Crippen molar-refractivity contribution in [2.75, 3.05) is 18.0 Å². The monoisotopic (exact) mass is 641 g/mol. The van der Waals surface area contributed by atoms with E-state index in [0.717, 1.165) is 59.7 Å². The first kappa shape index (κ1) is 33.8. The van der Waals surface area contributed by atoms with Crippen LogP contribution in [0.3, 0.4) is 0 Å². The van der Waals surface area contributed by atoms with Crippen LogP contribution in [-0.2, 0) is 31.1 Å². The molecule has 44 heavy (non-hydrogen) atoms. The van der Waals surface area contributed by atoms with Crippen molar-refractivity contribution >= 4 is 37.3 Å². The summed E-state index contributed by atoms with van der Waals surface area (Å²) in [5, 5.41) is 0. The molecule has 2 N–H and O–H groups in total. The number of unbranched alkanes of at least 4 members (excludes halogenated alkanes) is 1. The molecule has 2 heterocycles. The number of anilines is 1. The zero-order valence-electron chi connectivity index (χ0n) is 26.7. The third-order valence-electron chi connectivity index (χ3n) is 8.78. The maximum Gasteiger partial charge on any atom is 0.294 e. The predicted octanol–water partition coefficient (Wildman–Crippen LogP) is 7.20. The molecule has 238 valence electrons. The first-order valence-electron chi connectivity index (χ1n) is 15.1. The van der Waals surface area contributed by atoms with E-state index in [1.807, 2.05) is 45.1 Å². The van der Waals surface area contributed by atoms with E-state index in [2.05, 4.69) is 43.2 Å². The SMILES string of the molecule is CC[N+]1=C(/C=C/C=C/C=C2/N(CCCCC(C)C)c3ccc(S(=O)(=O)O)cc3C2(C)C)C(C)(C)c2cc(S(=O)(=O)O)ccc21. The molecule has 0 radical (unpaired) electrons. The summed E-state index contributed by atoms with van der Waals surface area (Å²) in [5.41, 5.74) is 4.64. The van der Waals surface area contributed by atoms with Crippen molar-refractivity contribution in [3.05, 3.63) is 83.6 Å². The molecule has 2 aliphatic heterocycles. The van der Waals surface area contributed by atoms with Crippen LogP contribution in [-0.4, -0.2) is 49.3 Å². The van der Waals surface area contributed by atoms with Gasteiger partial charge in [-0.1, -0.05) is 58.8 Å². The normalized spacial score (nSPS) is 18.8. The van der Waals surface area contributed by atoms with Crippen molar-refractivity contribution in [2.45, 2.75) is 88.3 Å². The third kappa shape index (κ3) is 6.63. The van der Waals surface area contributed by atoms with Crippen LogP contribution in [0.25, 0.3) is 0 Å². The number of benzene rings is 2. The highest BCUT2D eigenvalue weighted by atomic mass is 32.2. The summed E-state index contributed by atoms with van der Waals surface area (Å²) < 4.78 is 68.9. The quantitative estimate of drug-likeness (QED) is 0.115. The van der Waals surface area contributed by atoms with Crippen molar-refractivity contribution in [3.63, 3.8) is 0 Å². The van der Waals surface area contributed by atoms with Crippen LogP contribution in [0.4, 0.5) is 11.4 Å². The molecule has 4 rings (SSSR count). The number of fused-ring (bicyclic) bond motifs is 2. The topological polar surface area (TPSA) is 115 Å². The van der Waals surface area contributed by atoms with Gasteiger partial charge in [-0.05, 0) is 75.1 Å².